The van der Waals surface area contributed by atoms with Crippen LogP contribution in [0.3, 0.4) is 0 Å². The van der Waals surface area contributed by atoms with Crippen LogP contribution in [0.2, 0.25) is 0 Å². The number of rotatable bonds is 1. The van der Waals surface area contributed by atoms with E-state index in [2.05, 4.69) is 12.1 Å². The molecule has 31 heavy (non-hydrogen) atoms. The molecule has 1 atom stereocenters. The second-order valence-corrected chi connectivity index (χ2v) is 8.74. The summed E-state index contributed by atoms with van der Waals surface area (Å²) < 4.78 is 11.7. The lowest BCUT2D eigenvalue weighted by molar-refractivity contribution is 0.0598. The van der Waals surface area contributed by atoms with Crippen molar-refractivity contribution in [2.24, 2.45) is 5.73 Å². The number of nitrogens with zero attached hydrogens (tertiary/aromatic N) is 1. The number of nitrogens with two attached hydrogens (primary N) is 1. The molecule has 0 bridgehead atoms. The molecule has 5 heteroatoms. The van der Waals surface area contributed by atoms with Crippen molar-refractivity contribution in [3.63, 3.8) is 0 Å². The highest BCUT2D eigenvalue weighted by Crippen LogP contribution is 2.48. The Kier molecular flexibility index (Phi) is 4.38. The van der Waals surface area contributed by atoms with E-state index in [0.717, 1.165) is 27.8 Å². The largest absolute Gasteiger partial charge is 0.461 e. The monoisotopic (exact) mass is 412 g/mol. The zero-order chi connectivity index (χ0) is 21.8. The highest BCUT2D eigenvalue weighted by molar-refractivity contribution is 6.07. The van der Waals surface area contributed by atoms with Crippen molar-refractivity contribution < 1.29 is 14.3 Å². The van der Waals surface area contributed by atoms with Crippen molar-refractivity contribution in [2.45, 2.75) is 32.4 Å². The molecule has 0 saturated heterocycles. The van der Waals surface area contributed by atoms with E-state index in [1.54, 1.807) is 11.2 Å². The Labute approximate surface area is 181 Å². The second-order valence-electron chi connectivity index (χ2n) is 8.74. The fraction of sp³-hybridized carbons (Fsp3) is 0.192. The smallest absolute Gasteiger partial charge is 0.419 e. The standard InChI is InChI=1S/C26H24N2O3/c1-26(2,3)31-25(29)28-20-13-6-7-14-22(20)30-15-21(28)18-11-8-12-19-23(18)16-9-4-5-10-17(16)24(19)27/h4-15,24H,27H2,1-3H3/t24-/m1/s1. The van der Waals surface area contributed by atoms with Gasteiger partial charge in [0.1, 0.15) is 11.9 Å². The van der Waals surface area contributed by atoms with Crippen LogP contribution in [0.25, 0.3) is 16.8 Å². The number of amides is 1. The van der Waals surface area contributed by atoms with E-state index in [-0.39, 0.29) is 6.04 Å². The molecule has 0 spiro atoms. The molecule has 1 aliphatic heterocycles. The van der Waals surface area contributed by atoms with Gasteiger partial charge in [-0.15, -0.1) is 0 Å². The predicted octanol–water partition coefficient (Wildman–Crippen LogP) is 5.85. The maximum absolute atomic E-state index is 13.4. The fourth-order valence-corrected chi connectivity index (χ4v) is 4.24. The van der Waals surface area contributed by atoms with Gasteiger partial charge in [0.05, 0.1) is 17.4 Å². The van der Waals surface area contributed by atoms with E-state index >= 15 is 0 Å². The number of fused-ring (bicyclic) bond motifs is 4. The predicted molar refractivity (Wildman–Crippen MR) is 122 cm³/mol. The number of ether oxygens (including phenoxy) is 2. The van der Waals surface area contributed by atoms with Gasteiger partial charge in [0.25, 0.3) is 0 Å². The van der Waals surface area contributed by atoms with Crippen molar-refractivity contribution in [2.75, 3.05) is 4.90 Å². The van der Waals surface area contributed by atoms with Crippen LogP contribution >= 0.6 is 0 Å². The lowest BCUT2D eigenvalue weighted by Crippen LogP contribution is -2.37. The molecular formula is C26H24N2O3. The Morgan fingerprint density at radius 1 is 0.935 bits per heavy atom. The summed E-state index contributed by atoms with van der Waals surface area (Å²) in [6.45, 7) is 5.57. The number of carbonyl (C=O) groups is 1. The van der Waals surface area contributed by atoms with Crippen molar-refractivity contribution >= 4 is 17.5 Å². The zero-order valence-corrected chi connectivity index (χ0v) is 17.8. The van der Waals surface area contributed by atoms with Gasteiger partial charge in [0, 0.05) is 5.56 Å². The molecule has 1 amide bonds. The van der Waals surface area contributed by atoms with Crippen molar-refractivity contribution in [1.29, 1.82) is 0 Å². The molecule has 5 rings (SSSR count). The van der Waals surface area contributed by atoms with E-state index in [0.29, 0.717) is 17.1 Å². The summed E-state index contributed by atoms with van der Waals surface area (Å²) in [6, 6.07) is 21.4. The average molecular weight is 412 g/mol. The van der Waals surface area contributed by atoms with Crippen LogP contribution in [0, 0.1) is 0 Å². The minimum Gasteiger partial charge on any atom is -0.461 e. The van der Waals surface area contributed by atoms with Crippen molar-refractivity contribution in [3.05, 3.63) is 89.7 Å². The minimum absolute atomic E-state index is 0.210. The van der Waals surface area contributed by atoms with Crippen molar-refractivity contribution in [1.82, 2.24) is 0 Å². The van der Waals surface area contributed by atoms with Gasteiger partial charge in [-0.1, -0.05) is 54.6 Å². The first-order valence-corrected chi connectivity index (χ1v) is 10.3. The van der Waals surface area contributed by atoms with Crippen molar-refractivity contribution in [3.8, 4) is 16.9 Å². The maximum Gasteiger partial charge on any atom is 0.419 e. The Hall–Kier alpha value is -3.57. The molecule has 3 aromatic rings. The van der Waals surface area contributed by atoms with Gasteiger partial charge in [-0.3, -0.25) is 0 Å². The molecule has 0 radical (unpaired) electrons. The molecule has 3 aromatic carbocycles. The first-order chi connectivity index (χ1) is 14.8. The normalized spacial score (nSPS) is 16.6. The number of carbonyl (C=O) groups excluding carboxylic acids is 1. The summed E-state index contributed by atoms with van der Waals surface area (Å²) >= 11 is 0. The summed E-state index contributed by atoms with van der Waals surface area (Å²) in [4.78, 5) is 14.9. The first kappa shape index (κ1) is 19.4. The minimum atomic E-state index is -0.636. The highest BCUT2D eigenvalue weighted by Gasteiger charge is 2.35. The van der Waals surface area contributed by atoms with E-state index in [4.69, 9.17) is 15.2 Å². The number of benzene rings is 3. The summed E-state index contributed by atoms with van der Waals surface area (Å²) in [5.41, 5.74) is 12.3. The molecular weight excluding hydrogens is 388 g/mol. The van der Waals surface area contributed by atoms with Gasteiger partial charge >= 0.3 is 6.09 Å². The lowest BCUT2D eigenvalue weighted by atomic mass is 9.96. The van der Waals surface area contributed by atoms with Gasteiger partial charge in [-0.2, -0.15) is 0 Å². The van der Waals surface area contributed by atoms with Crippen LogP contribution in [0.15, 0.2) is 73.0 Å². The van der Waals surface area contributed by atoms with Crippen LogP contribution in [-0.4, -0.2) is 11.7 Å². The Morgan fingerprint density at radius 2 is 1.61 bits per heavy atom. The molecule has 0 unspecified atom stereocenters. The second kappa shape index (κ2) is 7.00. The van der Waals surface area contributed by atoms with Crippen LogP contribution in [0.4, 0.5) is 10.5 Å². The Morgan fingerprint density at radius 3 is 2.42 bits per heavy atom. The number of anilines is 1. The Balaban J connectivity index is 1.70. The van der Waals surface area contributed by atoms with E-state index < -0.39 is 11.7 Å². The molecule has 1 heterocycles. The van der Waals surface area contributed by atoms with E-state index in [1.165, 1.54) is 0 Å². The maximum atomic E-state index is 13.4. The average Bonchev–Trinajstić information content (AvgIpc) is 3.04. The number of hydrogen-bond acceptors (Lipinski definition) is 4. The third-order valence-electron chi connectivity index (χ3n) is 5.49. The van der Waals surface area contributed by atoms with Gasteiger partial charge in [-0.25, -0.2) is 9.69 Å². The fourth-order valence-electron chi connectivity index (χ4n) is 4.24. The summed E-state index contributed by atoms with van der Waals surface area (Å²) in [6.07, 6.45) is 1.16. The molecule has 2 aliphatic rings. The topological polar surface area (TPSA) is 64.8 Å². The summed E-state index contributed by atoms with van der Waals surface area (Å²) in [7, 11) is 0. The van der Waals surface area contributed by atoms with Gasteiger partial charge < -0.3 is 15.2 Å². The summed E-state index contributed by atoms with van der Waals surface area (Å²) in [5.74, 6) is 0.599. The van der Waals surface area contributed by atoms with Gasteiger partial charge in [-0.05, 0) is 55.2 Å². The quantitative estimate of drug-likeness (QED) is 0.545. The van der Waals surface area contributed by atoms with Crippen LogP contribution < -0.4 is 15.4 Å². The third kappa shape index (κ3) is 3.18. The molecule has 0 aromatic heterocycles. The molecule has 0 fully saturated rings. The first-order valence-electron chi connectivity index (χ1n) is 10.3. The summed E-state index contributed by atoms with van der Waals surface area (Å²) in [5, 5.41) is 0. The third-order valence-corrected chi connectivity index (χ3v) is 5.49. The number of para-hydroxylation sites is 2. The molecule has 1 aliphatic carbocycles. The van der Waals surface area contributed by atoms with E-state index in [1.807, 2.05) is 75.4 Å². The molecule has 156 valence electrons. The molecule has 5 nitrogen and oxygen atoms in total. The van der Waals surface area contributed by atoms with Crippen LogP contribution in [0.5, 0.6) is 5.75 Å². The van der Waals surface area contributed by atoms with Gasteiger partial charge in [0.2, 0.25) is 0 Å². The lowest BCUT2D eigenvalue weighted by Gasteiger charge is -2.33. The highest BCUT2D eigenvalue weighted by atomic mass is 16.6. The van der Waals surface area contributed by atoms with Crippen LogP contribution in [0.1, 0.15) is 43.5 Å². The van der Waals surface area contributed by atoms with Crippen LogP contribution in [-0.2, 0) is 4.74 Å². The van der Waals surface area contributed by atoms with E-state index in [9.17, 15) is 4.79 Å². The molecule has 0 saturated carbocycles. The SMILES string of the molecule is CC(C)(C)OC(=O)N1C(c2cccc3c2-c2ccccc2[C@H]3N)=COc2ccccc21. The number of hydrogen-bond donors (Lipinski definition) is 1. The Bertz CT molecular complexity index is 1220. The zero-order valence-electron chi connectivity index (χ0n) is 17.8. The van der Waals surface area contributed by atoms with Gasteiger partial charge in [0.15, 0.2) is 5.75 Å². The molecule has 2 N–H and O–H groups in total.